The molecule has 0 aliphatic rings. The number of hydrogen-bond donors (Lipinski definition) is 1. The maximum atomic E-state index is 12.8. The molecule has 1 heterocycles. The summed E-state index contributed by atoms with van der Waals surface area (Å²) in [6, 6.07) is 15.9. The number of carbonyl (C=O) groups is 1. The fraction of sp³-hybridized carbons (Fsp3) is 0.318. The van der Waals surface area contributed by atoms with E-state index in [1.807, 2.05) is 71.8 Å². The van der Waals surface area contributed by atoms with Crippen LogP contribution in [0.4, 0.5) is 0 Å². The van der Waals surface area contributed by atoms with Gasteiger partial charge in [-0.25, -0.2) is 0 Å². The van der Waals surface area contributed by atoms with Crippen LogP contribution in [0.5, 0.6) is 5.75 Å². The number of nitrogens with one attached hydrogen (secondary N) is 1. The van der Waals surface area contributed by atoms with Crippen LogP contribution in [-0.4, -0.2) is 39.2 Å². The van der Waals surface area contributed by atoms with Crippen molar-refractivity contribution in [3.05, 3.63) is 64.4 Å². The molecule has 7 heteroatoms. The molecule has 3 rings (SSSR count). The zero-order valence-corrected chi connectivity index (χ0v) is 17.8. The van der Waals surface area contributed by atoms with Gasteiger partial charge in [0.15, 0.2) is 10.6 Å². The first-order valence-corrected chi connectivity index (χ1v) is 10.1. The van der Waals surface area contributed by atoms with Gasteiger partial charge in [0.1, 0.15) is 5.75 Å². The lowest BCUT2D eigenvalue weighted by atomic mass is 10.1. The standard InChI is InChI=1S/C22H26N4O2S/c1-4-25(15-17-7-11-19(28-3)12-8-17)20(27)13-14-26-21(23-24-22(26)29)18-9-5-16(2)6-10-18/h5-12H,4,13-15H2,1-3H3,(H,24,29). The monoisotopic (exact) mass is 410 g/mol. The quantitative estimate of drug-likeness (QED) is 0.561. The molecular weight excluding hydrogens is 384 g/mol. The summed E-state index contributed by atoms with van der Waals surface area (Å²) in [4.78, 5) is 14.7. The molecule has 0 saturated carbocycles. The molecular formula is C22H26N4O2S. The molecule has 152 valence electrons. The molecule has 0 atom stereocenters. The Morgan fingerprint density at radius 3 is 2.48 bits per heavy atom. The predicted octanol–water partition coefficient (Wildman–Crippen LogP) is 4.36. The topological polar surface area (TPSA) is 63.1 Å². The van der Waals surface area contributed by atoms with Crippen LogP contribution in [0.25, 0.3) is 11.4 Å². The molecule has 0 saturated heterocycles. The SMILES string of the molecule is CCN(Cc1ccc(OC)cc1)C(=O)CCn1c(-c2ccc(C)cc2)n[nH]c1=S. The van der Waals surface area contributed by atoms with Gasteiger partial charge in [-0.15, -0.1) is 0 Å². The molecule has 2 aromatic carbocycles. The van der Waals surface area contributed by atoms with E-state index < -0.39 is 0 Å². The van der Waals surface area contributed by atoms with Gasteiger partial charge < -0.3 is 9.64 Å². The van der Waals surface area contributed by atoms with Crippen LogP contribution < -0.4 is 4.74 Å². The highest BCUT2D eigenvalue weighted by Crippen LogP contribution is 2.19. The molecule has 0 aliphatic carbocycles. The second kappa shape index (κ2) is 9.52. The molecule has 3 aromatic rings. The van der Waals surface area contributed by atoms with Gasteiger partial charge in [-0.1, -0.05) is 42.0 Å². The summed E-state index contributed by atoms with van der Waals surface area (Å²) in [6.07, 6.45) is 0.358. The van der Waals surface area contributed by atoms with Crippen molar-refractivity contribution in [1.82, 2.24) is 19.7 Å². The minimum Gasteiger partial charge on any atom is -0.497 e. The van der Waals surface area contributed by atoms with Gasteiger partial charge in [0.2, 0.25) is 5.91 Å². The molecule has 1 N–H and O–H groups in total. The van der Waals surface area contributed by atoms with E-state index in [2.05, 4.69) is 10.2 Å². The summed E-state index contributed by atoms with van der Waals surface area (Å²) < 4.78 is 7.60. The van der Waals surface area contributed by atoms with Gasteiger partial charge in [0.25, 0.3) is 0 Å². The summed E-state index contributed by atoms with van der Waals surface area (Å²) in [5.74, 6) is 1.64. The lowest BCUT2D eigenvalue weighted by Gasteiger charge is -2.21. The third-order valence-electron chi connectivity index (χ3n) is 4.88. The lowest BCUT2D eigenvalue weighted by Crippen LogP contribution is -2.31. The molecule has 0 unspecified atom stereocenters. The zero-order valence-electron chi connectivity index (χ0n) is 17.0. The normalized spacial score (nSPS) is 10.7. The van der Waals surface area contributed by atoms with Crippen LogP contribution in [0.1, 0.15) is 24.5 Å². The van der Waals surface area contributed by atoms with Crippen LogP contribution in [0.2, 0.25) is 0 Å². The number of methoxy groups -OCH3 is 1. The molecule has 0 spiro atoms. The van der Waals surface area contributed by atoms with Crippen LogP contribution in [0, 0.1) is 11.7 Å². The van der Waals surface area contributed by atoms with Crippen molar-refractivity contribution < 1.29 is 9.53 Å². The molecule has 1 aromatic heterocycles. The van der Waals surface area contributed by atoms with Gasteiger partial charge >= 0.3 is 0 Å². The van der Waals surface area contributed by atoms with Gasteiger partial charge in [0.05, 0.1) is 7.11 Å². The molecule has 6 nitrogen and oxygen atoms in total. The maximum absolute atomic E-state index is 12.8. The Kier molecular flexibility index (Phi) is 6.82. The summed E-state index contributed by atoms with van der Waals surface area (Å²) in [6.45, 7) is 5.73. The van der Waals surface area contributed by atoms with Crippen molar-refractivity contribution in [2.75, 3.05) is 13.7 Å². The Balaban J connectivity index is 1.68. The number of hydrogen-bond acceptors (Lipinski definition) is 4. The number of ether oxygens (including phenoxy) is 1. The predicted molar refractivity (Wildman–Crippen MR) is 116 cm³/mol. The number of nitrogens with zero attached hydrogens (tertiary/aromatic N) is 3. The van der Waals surface area contributed by atoms with Crippen molar-refractivity contribution in [2.24, 2.45) is 0 Å². The molecule has 1 amide bonds. The highest BCUT2D eigenvalue weighted by Gasteiger charge is 2.15. The van der Waals surface area contributed by atoms with Crippen LogP contribution >= 0.6 is 12.2 Å². The number of aromatic amines is 1. The fourth-order valence-corrected chi connectivity index (χ4v) is 3.36. The number of aromatic nitrogens is 3. The number of benzene rings is 2. The van der Waals surface area contributed by atoms with Gasteiger partial charge in [0, 0.05) is 31.6 Å². The smallest absolute Gasteiger partial charge is 0.224 e. The molecule has 0 bridgehead atoms. The summed E-state index contributed by atoms with van der Waals surface area (Å²) >= 11 is 5.38. The number of rotatable bonds is 8. The largest absolute Gasteiger partial charge is 0.497 e. The summed E-state index contributed by atoms with van der Waals surface area (Å²) in [7, 11) is 1.64. The first-order chi connectivity index (χ1) is 14.0. The summed E-state index contributed by atoms with van der Waals surface area (Å²) in [5, 5.41) is 7.20. The average Bonchev–Trinajstić information content (AvgIpc) is 3.11. The third kappa shape index (κ3) is 5.12. The molecule has 0 fully saturated rings. The van der Waals surface area contributed by atoms with E-state index in [4.69, 9.17) is 17.0 Å². The highest BCUT2D eigenvalue weighted by atomic mass is 32.1. The zero-order chi connectivity index (χ0) is 20.8. The van der Waals surface area contributed by atoms with Crippen molar-refractivity contribution in [3.63, 3.8) is 0 Å². The second-order valence-electron chi connectivity index (χ2n) is 6.88. The number of H-pyrrole nitrogens is 1. The first-order valence-electron chi connectivity index (χ1n) is 9.64. The van der Waals surface area contributed by atoms with E-state index in [9.17, 15) is 4.79 Å². The van der Waals surface area contributed by atoms with Crippen LogP contribution in [0.15, 0.2) is 48.5 Å². The minimum absolute atomic E-state index is 0.0845. The first kappa shape index (κ1) is 20.8. The molecule has 0 aliphatic heterocycles. The van der Waals surface area contributed by atoms with Crippen molar-refractivity contribution in [2.45, 2.75) is 33.4 Å². The second-order valence-corrected chi connectivity index (χ2v) is 7.26. The Morgan fingerprint density at radius 1 is 1.17 bits per heavy atom. The van der Waals surface area contributed by atoms with E-state index in [0.29, 0.717) is 30.8 Å². The Labute approximate surface area is 176 Å². The fourth-order valence-electron chi connectivity index (χ4n) is 3.14. The highest BCUT2D eigenvalue weighted by molar-refractivity contribution is 7.71. The Hall–Kier alpha value is -2.93. The van der Waals surface area contributed by atoms with Crippen molar-refractivity contribution in [3.8, 4) is 17.1 Å². The van der Waals surface area contributed by atoms with E-state index in [1.165, 1.54) is 5.56 Å². The van der Waals surface area contributed by atoms with Gasteiger partial charge in [-0.2, -0.15) is 5.10 Å². The van der Waals surface area contributed by atoms with E-state index in [1.54, 1.807) is 7.11 Å². The lowest BCUT2D eigenvalue weighted by molar-refractivity contribution is -0.131. The van der Waals surface area contributed by atoms with Crippen LogP contribution in [0.3, 0.4) is 0 Å². The van der Waals surface area contributed by atoms with Crippen molar-refractivity contribution in [1.29, 1.82) is 0 Å². The minimum atomic E-state index is 0.0845. The third-order valence-corrected chi connectivity index (χ3v) is 5.20. The van der Waals surface area contributed by atoms with Gasteiger partial charge in [-0.3, -0.25) is 14.5 Å². The van der Waals surface area contributed by atoms with E-state index >= 15 is 0 Å². The van der Waals surface area contributed by atoms with Gasteiger partial charge in [-0.05, 0) is 43.8 Å². The maximum Gasteiger partial charge on any atom is 0.224 e. The van der Waals surface area contributed by atoms with E-state index in [0.717, 1.165) is 22.7 Å². The number of carbonyl (C=O) groups excluding carboxylic acids is 1. The van der Waals surface area contributed by atoms with Crippen molar-refractivity contribution >= 4 is 18.1 Å². The Bertz CT molecular complexity index is 1010. The number of aryl methyl sites for hydroxylation is 1. The molecule has 29 heavy (non-hydrogen) atoms. The Morgan fingerprint density at radius 2 is 1.86 bits per heavy atom. The van der Waals surface area contributed by atoms with Crippen LogP contribution in [-0.2, 0) is 17.9 Å². The van der Waals surface area contributed by atoms with E-state index in [-0.39, 0.29) is 5.91 Å². The average molecular weight is 411 g/mol. The summed E-state index contributed by atoms with van der Waals surface area (Å²) in [5.41, 5.74) is 3.23. The number of amides is 1. The molecule has 0 radical (unpaired) electrons.